The van der Waals surface area contributed by atoms with Gasteiger partial charge >= 0.3 is 11.9 Å². The van der Waals surface area contributed by atoms with Crippen molar-refractivity contribution in [2.75, 3.05) is 27.1 Å². The van der Waals surface area contributed by atoms with Gasteiger partial charge in [-0.15, -0.1) is 0 Å². The van der Waals surface area contributed by atoms with Crippen LogP contribution in [0, 0.1) is 6.92 Å². The standard InChI is InChI=1S/C26H24O8/c1-17-13-22(11-12-24(17)34-26(28)19-3-7-20(29-2)8-4-19)33-25(27)18-5-9-21(10-6-18)32-16-30-14-23-15-31-23/h3-13,23H,14-16H2,1-2H3. The Kier molecular flexibility index (Phi) is 7.41. The second-order valence-electron chi connectivity index (χ2n) is 7.55. The van der Waals surface area contributed by atoms with E-state index in [2.05, 4.69) is 0 Å². The Bertz CT molecular complexity index is 1130. The molecule has 4 rings (SSSR count). The SMILES string of the molecule is COc1ccc(C(=O)Oc2ccc(OC(=O)c3ccc(OCOCC4CO4)cc3)cc2C)cc1. The first kappa shape index (κ1) is 23.3. The van der Waals surface area contributed by atoms with Crippen LogP contribution >= 0.6 is 0 Å². The molecule has 1 aliphatic rings. The molecule has 0 amide bonds. The number of benzene rings is 3. The summed E-state index contributed by atoms with van der Waals surface area (Å²) in [6, 6.07) is 18.0. The lowest BCUT2D eigenvalue weighted by atomic mass is 10.2. The van der Waals surface area contributed by atoms with Crippen molar-refractivity contribution >= 4 is 11.9 Å². The summed E-state index contributed by atoms with van der Waals surface area (Å²) in [5, 5.41) is 0. The van der Waals surface area contributed by atoms with Gasteiger partial charge in [-0.05, 0) is 79.2 Å². The van der Waals surface area contributed by atoms with E-state index in [9.17, 15) is 9.59 Å². The maximum absolute atomic E-state index is 12.5. The Labute approximate surface area is 196 Å². The highest BCUT2D eigenvalue weighted by Crippen LogP contribution is 2.25. The van der Waals surface area contributed by atoms with Crippen LogP contribution in [0.15, 0.2) is 66.7 Å². The van der Waals surface area contributed by atoms with E-state index >= 15 is 0 Å². The van der Waals surface area contributed by atoms with Crippen LogP contribution in [0.1, 0.15) is 26.3 Å². The van der Waals surface area contributed by atoms with Crippen molar-refractivity contribution in [1.82, 2.24) is 0 Å². The molecule has 0 radical (unpaired) electrons. The smallest absolute Gasteiger partial charge is 0.343 e. The van der Waals surface area contributed by atoms with E-state index in [1.165, 1.54) is 0 Å². The maximum Gasteiger partial charge on any atom is 0.343 e. The number of esters is 2. The number of ether oxygens (including phenoxy) is 6. The molecular formula is C26H24O8. The minimum atomic E-state index is -0.518. The summed E-state index contributed by atoms with van der Waals surface area (Å²) in [4.78, 5) is 24.9. The quantitative estimate of drug-likeness (QED) is 0.145. The van der Waals surface area contributed by atoms with Crippen LogP contribution in [0.2, 0.25) is 0 Å². The summed E-state index contributed by atoms with van der Waals surface area (Å²) in [5.74, 6) is 0.919. The van der Waals surface area contributed by atoms with Crippen LogP contribution in [0.25, 0.3) is 0 Å². The number of hydrogen-bond donors (Lipinski definition) is 0. The lowest BCUT2D eigenvalue weighted by Crippen LogP contribution is -2.11. The number of methoxy groups -OCH3 is 1. The van der Waals surface area contributed by atoms with Gasteiger partial charge in [0.2, 0.25) is 0 Å². The molecule has 176 valence electrons. The molecule has 3 aromatic rings. The molecule has 0 spiro atoms. The number of epoxide rings is 1. The average Bonchev–Trinajstić information content (AvgIpc) is 3.68. The van der Waals surface area contributed by atoms with E-state index in [0.717, 1.165) is 6.61 Å². The van der Waals surface area contributed by atoms with Crippen molar-refractivity contribution in [2.45, 2.75) is 13.0 Å². The van der Waals surface area contributed by atoms with Gasteiger partial charge < -0.3 is 28.4 Å². The molecule has 0 aliphatic carbocycles. The third kappa shape index (κ3) is 6.34. The molecule has 0 aromatic heterocycles. The predicted octanol–water partition coefficient (Wildman–Crippen LogP) is 4.19. The molecule has 1 atom stereocenters. The van der Waals surface area contributed by atoms with Crippen molar-refractivity contribution < 1.29 is 38.0 Å². The van der Waals surface area contributed by atoms with Crippen molar-refractivity contribution in [3.63, 3.8) is 0 Å². The first-order chi connectivity index (χ1) is 16.5. The largest absolute Gasteiger partial charge is 0.497 e. The van der Waals surface area contributed by atoms with Crippen LogP contribution in [-0.2, 0) is 9.47 Å². The van der Waals surface area contributed by atoms with E-state index in [4.69, 9.17) is 28.4 Å². The summed E-state index contributed by atoms with van der Waals surface area (Å²) < 4.78 is 31.8. The number of hydrogen-bond acceptors (Lipinski definition) is 8. The summed E-state index contributed by atoms with van der Waals surface area (Å²) >= 11 is 0. The number of aryl methyl sites for hydroxylation is 1. The zero-order valence-corrected chi connectivity index (χ0v) is 18.8. The Hall–Kier alpha value is -3.88. The molecule has 0 bridgehead atoms. The van der Waals surface area contributed by atoms with E-state index in [1.807, 2.05) is 0 Å². The number of carbonyl (C=O) groups excluding carboxylic acids is 2. The van der Waals surface area contributed by atoms with Gasteiger partial charge in [0.15, 0.2) is 6.79 Å². The fourth-order valence-electron chi connectivity index (χ4n) is 2.99. The second-order valence-corrected chi connectivity index (χ2v) is 7.55. The predicted molar refractivity (Wildman–Crippen MR) is 122 cm³/mol. The van der Waals surface area contributed by atoms with Gasteiger partial charge in [0.05, 0.1) is 31.5 Å². The van der Waals surface area contributed by atoms with Gasteiger partial charge in [-0.3, -0.25) is 0 Å². The lowest BCUT2D eigenvalue weighted by Gasteiger charge is -2.10. The summed E-state index contributed by atoms with van der Waals surface area (Å²) in [7, 11) is 1.55. The van der Waals surface area contributed by atoms with E-state index < -0.39 is 11.9 Å². The second kappa shape index (κ2) is 10.8. The minimum absolute atomic E-state index is 0.109. The van der Waals surface area contributed by atoms with Gasteiger partial charge in [-0.25, -0.2) is 9.59 Å². The molecular weight excluding hydrogens is 440 g/mol. The zero-order chi connectivity index (χ0) is 23.9. The zero-order valence-electron chi connectivity index (χ0n) is 18.8. The van der Waals surface area contributed by atoms with E-state index in [-0.39, 0.29) is 12.9 Å². The Balaban J connectivity index is 1.30. The molecule has 8 nitrogen and oxygen atoms in total. The van der Waals surface area contributed by atoms with Gasteiger partial charge in [-0.1, -0.05) is 0 Å². The summed E-state index contributed by atoms with van der Waals surface area (Å²) in [5.41, 5.74) is 1.41. The van der Waals surface area contributed by atoms with Crippen LogP contribution in [0.3, 0.4) is 0 Å². The van der Waals surface area contributed by atoms with Gasteiger partial charge in [-0.2, -0.15) is 0 Å². The minimum Gasteiger partial charge on any atom is -0.497 e. The molecule has 1 saturated heterocycles. The molecule has 3 aromatic carbocycles. The molecule has 1 fully saturated rings. The van der Waals surface area contributed by atoms with Crippen LogP contribution < -0.4 is 18.9 Å². The van der Waals surface area contributed by atoms with Gasteiger partial charge in [0.1, 0.15) is 29.1 Å². The Morgan fingerprint density at radius 2 is 1.44 bits per heavy atom. The molecule has 34 heavy (non-hydrogen) atoms. The van der Waals surface area contributed by atoms with Crippen LogP contribution in [-0.4, -0.2) is 45.2 Å². The number of rotatable bonds is 10. The Morgan fingerprint density at radius 3 is 2.03 bits per heavy atom. The van der Waals surface area contributed by atoms with Crippen molar-refractivity contribution in [2.24, 2.45) is 0 Å². The highest BCUT2D eigenvalue weighted by molar-refractivity contribution is 5.92. The maximum atomic E-state index is 12.5. The van der Waals surface area contributed by atoms with Crippen LogP contribution in [0.5, 0.6) is 23.0 Å². The number of carbonyl (C=O) groups is 2. The highest BCUT2D eigenvalue weighted by Gasteiger charge is 2.22. The van der Waals surface area contributed by atoms with E-state index in [0.29, 0.717) is 46.3 Å². The average molecular weight is 464 g/mol. The molecule has 1 heterocycles. The Morgan fingerprint density at radius 1 is 0.853 bits per heavy atom. The summed E-state index contributed by atoms with van der Waals surface area (Å²) in [6.45, 7) is 3.10. The summed E-state index contributed by atoms with van der Waals surface area (Å²) in [6.07, 6.45) is 0.180. The lowest BCUT2D eigenvalue weighted by molar-refractivity contribution is 0.00821. The van der Waals surface area contributed by atoms with Gasteiger partial charge in [0, 0.05) is 0 Å². The molecule has 8 heteroatoms. The third-order valence-corrected chi connectivity index (χ3v) is 4.99. The fourth-order valence-corrected chi connectivity index (χ4v) is 2.99. The third-order valence-electron chi connectivity index (χ3n) is 4.99. The van der Waals surface area contributed by atoms with Crippen molar-refractivity contribution in [3.05, 3.63) is 83.4 Å². The molecule has 1 aliphatic heterocycles. The van der Waals surface area contributed by atoms with Crippen molar-refractivity contribution in [1.29, 1.82) is 0 Å². The molecule has 1 unspecified atom stereocenters. The highest BCUT2D eigenvalue weighted by atomic mass is 16.7. The monoisotopic (exact) mass is 464 g/mol. The van der Waals surface area contributed by atoms with E-state index in [1.54, 1.807) is 80.8 Å². The molecule has 0 saturated carbocycles. The van der Waals surface area contributed by atoms with Crippen molar-refractivity contribution in [3.8, 4) is 23.0 Å². The molecule has 0 N–H and O–H groups in total. The first-order valence-electron chi connectivity index (χ1n) is 10.6. The first-order valence-corrected chi connectivity index (χ1v) is 10.6. The van der Waals surface area contributed by atoms with Crippen LogP contribution in [0.4, 0.5) is 0 Å². The normalized spacial score (nSPS) is 14.2. The van der Waals surface area contributed by atoms with Gasteiger partial charge in [0.25, 0.3) is 0 Å². The fraction of sp³-hybridized carbons (Fsp3) is 0.231. The topological polar surface area (TPSA) is 92.8 Å².